The molecule has 0 N–H and O–H groups in total. The van der Waals surface area contributed by atoms with Gasteiger partial charge in [0.05, 0.1) is 26.9 Å². The number of methoxy groups -OCH3 is 2. The Labute approximate surface area is 131 Å². The number of rotatable bonds is 6. The molecule has 0 heterocycles. The summed E-state index contributed by atoms with van der Waals surface area (Å²) in [6, 6.07) is 16.4. The van der Waals surface area contributed by atoms with E-state index in [1.165, 1.54) is 11.1 Å². The van der Waals surface area contributed by atoms with Gasteiger partial charge in [0.15, 0.2) is 0 Å². The Morgan fingerprint density at radius 1 is 0.909 bits per heavy atom. The van der Waals surface area contributed by atoms with Gasteiger partial charge >= 0.3 is 0 Å². The molecular formula is C19H22O3. The first-order valence-electron chi connectivity index (χ1n) is 7.67. The lowest BCUT2D eigenvalue weighted by atomic mass is 9.77. The molecule has 0 spiro atoms. The van der Waals surface area contributed by atoms with Crippen LogP contribution in [-0.2, 0) is 11.3 Å². The second kappa shape index (κ2) is 6.84. The summed E-state index contributed by atoms with van der Waals surface area (Å²) in [6.45, 7) is 0.694. The van der Waals surface area contributed by atoms with Gasteiger partial charge in [-0.15, -0.1) is 0 Å². The molecule has 1 aliphatic carbocycles. The van der Waals surface area contributed by atoms with Gasteiger partial charge in [0.2, 0.25) is 0 Å². The van der Waals surface area contributed by atoms with E-state index in [-0.39, 0.29) is 0 Å². The van der Waals surface area contributed by atoms with Crippen LogP contribution in [0.15, 0.2) is 48.5 Å². The SMILES string of the molecule is COc1cc(OC)cc(C2CC(OCc3ccccc3)C2)c1. The molecule has 2 aromatic rings. The van der Waals surface area contributed by atoms with Crippen LogP contribution in [0.25, 0.3) is 0 Å². The third-order valence-electron chi connectivity index (χ3n) is 4.27. The fourth-order valence-electron chi connectivity index (χ4n) is 2.83. The van der Waals surface area contributed by atoms with Gasteiger partial charge < -0.3 is 14.2 Å². The van der Waals surface area contributed by atoms with Gasteiger partial charge in [-0.25, -0.2) is 0 Å². The van der Waals surface area contributed by atoms with E-state index in [9.17, 15) is 0 Å². The summed E-state index contributed by atoms with van der Waals surface area (Å²) < 4.78 is 16.6. The van der Waals surface area contributed by atoms with Crippen molar-refractivity contribution in [1.29, 1.82) is 0 Å². The van der Waals surface area contributed by atoms with Crippen LogP contribution in [0.5, 0.6) is 11.5 Å². The van der Waals surface area contributed by atoms with E-state index in [0.29, 0.717) is 18.6 Å². The minimum atomic E-state index is 0.349. The molecule has 0 bridgehead atoms. The summed E-state index contributed by atoms with van der Waals surface area (Å²) in [5, 5.41) is 0. The van der Waals surface area contributed by atoms with E-state index in [2.05, 4.69) is 24.3 Å². The van der Waals surface area contributed by atoms with Crippen molar-refractivity contribution >= 4 is 0 Å². The first-order valence-corrected chi connectivity index (χ1v) is 7.67. The van der Waals surface area contributed by atoms with Crippen LogP contribution in [0.3, 0.4) is 0 Å². The van der Waals surface area contributed by atoms with E-state index in [0.717, 1.165) is 24.3 Å². The van der Waals surface area contributed by atoms with Gasteiger partial charge in [-0.1, -0.05) is 30.3 Å². The molecule has 22 heavy (non-hydrogen) atoms. The predicted octanol–water partition coefficient (Wildman–Crippen LogP) is 4.17. The average Bonchev–Trinajstić information content (AvgIpc) is 2.54. The monoisotopic (exact) mass is 298 g/mol. The van der Waals surface area contributed by atoms with E-state index >= 15 is 0 Å². The topological polar surface area (TPSA) is 27.7 Å². The Morgan fingerprint density at radius 2 is 1.55 bits per heavy atom. The number of hydrogen-bond donors (Lipinski definition) is 0. The zero-order valence-corrected chi connectivity index (χ0v) is 13.1. The minimum Gasteiger partial charge on any atom is -0.497 e. The number of benzene rings is 2. The lowest BCUT2D eigenvalue weighted by Crippen LogP contribution is -2.29. The van der Waals surface area contributed by atoms with Crippen molar-refractivity contribution in [3.05, 3.63) is 59.7 Å². The van der Waals surface area contributed by atoms with E-state index < -0.39 is 0 Å². The zero-order valence-electron chi connectivity index (χ0n) is 13.1. The quantitative estimate of drug-likeness (QED) is 0.801. The van der Waals surface area contributed by atoms with Crippen molar-refractivity contribution in [1.82, 2.24) is 0 Å². The van der Waals surface area contributed by atoms with Crippen molar-refractivity contribution in [3.8, 4) is 11.5 Å². The second-order valence-corrected chi connectivity index (χ2v) is 5.73. The van der Waals surface area contributed by atoms with Gasteiger partial charge in [0.25, 0.3) is 0 Å². The maximum Gasteiger partial charge on any atom is 0.122 e. The summed E-state index contributed by atoms with van der Waals surface area (Å²) >= 11 is 0. The summed E-state index contributed by atoms with van der Waals surface area (Å²) in [7, 11) is 3.37. The molecular weight excluding hydrogens is 276 g/mol. The third-order valence-corrected chi connectivity index (χ3v) is 4.27. The molecule has 1 aliphatic rings. The Balaban J connectivity index is 1.54. The maximum absolute atomic E-state index is 5.97. The van der Waals surface area contributed by atoms with Gasteiger partial charge in [0.1, 0.15) is 11.5 Å². The van der Waals surface area contributed by atoms with Crippen LogP contribution in [-0.4, -0.2) is 20.3 Å². The molecule has 3 heteroatoms. The molecule has 3 rings (SSSR count). The highest BCUT2D eigenvalue weighted by atomic mass is 16.5. The predicted molar refractivity (Wildman–Crippen MR) is 86.5 cm³/mol. The molecule has 1 saturated carbocycles. The average molecular weight is 298 g/mol. The molecule has 2 aromatic carbocycles. The van der Waals surface area contributed by atoms with Crippen molar-refractivity contribution in [2.24, 2.45) is 0 Å². The fourth-order valence-corrected chi connectivity index (χ4v) is 2.83. The maximum atomic E-state index is 5.97. The van der Waals surface area contributed by atoms with Crippen LogP contribution >= 0.6 is 0 Å². The number of hydrogen-bond acceptors (Lipinski definition) is 3. The highest BCUT2D eigenvalue weighted by molar-refractivity contribution is 5.40. The molecule has 0 amide bonds. The Kier molecular flexibility index (Phi) is 4.64. The number of ether oxygens (including phenoxy) is 3. The minimum absolute atomic E-state index is 0.349. The molecule has 0 atom stereocenters. The van der Waals surface area contributed by atoms with Crippen LogP contribution < -0.4 is 9.47 Å². The largest absolute Gasteiger partial charge is 0.497 e. The molecule has 3 nitrogen and oxygen atoms in total. The molecule has 0 unspecified atom stereocenters. The lowest BCUT2D eigenvalue weighted by molar-refractivity contribution is -0.0207. The highest BCUT2D eigenvalue weighted by Gasteiger charge is 2.31. The third kappa shape index (κ3) is 3.42. The van der Waals surface area contributed by atoms with Gasteiger partial charge in [-0.2, -0.15) is 0 Å². The van der Waals surface area contributed by atoms with Crippen molar-refractivity contribution in [3.63, 3.8) is 0 Å². The molecule has 0 saturated heterocycles. The summed E-state index contributed by atoms with van der Waals surface area (Å²) in [6.07, 6.45) is 2.47. The highest BCUT2D eigenvalue weighted by Crippen LogP contribution is 2.41. The van der Waals surface area contributed by atoms with Crippen molar-refractivity contribution < 1.29 is 14.2 Å². The van der Waals surface area contributed by atoms with Gasteiger partial charge in [-0.3, -0.25) is 0 Å². The summed E-state index contributed by atoms with van der Waals surface area (Å²) in [4.78, 5) is 0. The van der Waals surface area contributed by atoms with Gasteiger partial charge in [-0.05, 0) is 42.0 Å². The molecule has 0 radical (unpaired) electrons. The standard InChI is InChI=1S/C19H22O3/c1-20-17-8-15(9-18(12-17)21-2)16-10-19(11-16)22-13-14-6-4-3-5-7-14/h3-9,12,16,19H,10-11,13H2,1-2H3. The molecule has 1 fully saturated rings. The van der Waals surface area contributed by atoms with E-state index in [1.807, 2.05) is 24.3 Å². The van der Waals surface area contributed by atoms with E-state index in [4.69, 9.17) is 14.2 Å². The Hall–Kier alpha value is -2.00. The summed E-state index contributed by atoms with van der Waals surface area (Å²) in [5.74, 6) is 2.23. The fraction of sp³-hybridized carbons (Fsp3) is 0.368. The first kappa shape index (κ1) is 14.9. The van der Waals surface area contributed by atoms with Crippen LogP contribution in [0.4, 0.5) is 0 Å². The normalized spacial score (nSPS) is 20.3. The molecule has 0 aliphatic heterocycles. The van der Waals surface area contributed by atoms with Crippen LogP contribution in [0, 0.1) is 0 Å². The van der Waals surface area contributed by atoms with E-state index in [1.54, 1.807) is 14.2 Å². The second-order valence-electron chi connectivity index (χ2n) is 5.73. The van der Waals surface area contributed by atoms with Crippen LogP contribution in [0.2, 0.25) is 0 Å². The Morgan fingerprint density at radius 3 is 2.14 bits per heavy atom. The zero-order chi connectivity index (χ0) is 15.4. The lowest BCUT2D eigenvalue weighted by Gasteiger charge is -2.35. The van der Waals surface area contributed by atoms with Crippen LogP contribution in [0.1, 0.15) is 29.9 Å². The Bertz CT molecular complexity index is 581. The first-order chi connectivity index (χ1) is 10.8. The smallest absolute Gasteiger partial charge is 0.122 e. The molecule has 0 aromatic heterocycles. The molecule has 116 valence electrons. The van der Waals surface area contributed by atoms with Crippen molar-refractivity contribution in [2.75, 3.05) is 14.2 Å². The van der Waals surface area contributed by atoms with Crippen molar-refractivity contribution in [2.45, 2.75) is 31.5 Å². The summed E-state index contributed by atoms with van der Waals surface area (Å²) in [5.41, 5.74) is 2.50. The van der Waals surface area contributed by atoms with Gasteiger partial charge in [0, 0.05) is 6.07 Å².